The van der Waals surface area contributed by atoms with Gasteiger partial charge in [0.15, 0.2) is 0 Å². The quantitative estimate of drug-likeness (QED) is 0.589. The number of rotatable bonds is 10. The maximum Gasteiger partial charge on any atom is 0.238 e. The van der Waals surface area contributed by atoms with Crippen LogP contribution in [0.5, 0.6) is 5.75 Å². The van der Waals surface area contributed by atoms with Gasteiger partial charge in [0.1, 0.15) is 5.75 Å². The second kappa shape index (κ2) is 11.7. The first-order valence-electron chi connectivity index (χ1n) is 9.28. The Bertz CT molecular complexity index is 828. The van der Waals surface area contributed by atoms with Crippen LogP contribution < -0.4 is 15.4 Å². The number of ether oxygens (including phenoxy) is 1. The fraction of sp³-hybridized carbons (Fsp3) is 0.333. The van der Waals surface area contributed by atoms with Crippen LogP contribution in [0.25, 0.3) is 0 Å². The Kier molecular flexibility index (Phi) is 9.25. The summed E-state index contributed by atoms with van der Waals surface area (Å²) < 4.78 is 5.12. The van der Waals surface area contributed by atoms with Crippen LogP contribution in [-0.2, 0) is 16.1 Å². The molecule has 0 bridgehead atoms. The van der Waals surface area contributed by atoms with E-state index in [9.17, 15) is 9.59 Å². The number of halogens is 2. The molecule has 0 aliphatic rings. The molecule has 0 radical (unpaired) electrons. The van der Waals surface area contributed by atoms with E-state index in [2.05, 4.69) is 10.6 Å². The van der Waals surface area contributed by atoms with Crippen LogP contribution in [0.1, 0.15) is 18.9 Å². The summed E-state index contributed by atoms with van der Waals surface area (Å²) in [4.78, 5) is 26.5. The zero-order valence-corrected chi connectivity index (χ0v) is 18.0. The molecule has 0 aliphatic heterocycles. The second-order valence-corrected chi connectivity index (χ2v) is 7.35. The topological polar surface area (TPSA) is 70.7 Å². The Morgan fingerprint density at radius 1 is 1.03 bits per heavy atom. The van der Waals surface area contributed by atoms with Gasteiger partial charge in [-0.25, -0.2) is 0 Å². The molecule has 2 aromatic carbocycles. The van der Waals surface area contributed by atoms with E-state index in [-0.39, 0.29) is 24.9 Å². The lowest BCUT2D eigenvalue weighted by Gasteiger charge is -2.21. The Morgan fingerprint density at radius 2 is 1.72 bits per heavy atom. The molecule has 2 rings (SSSR count). The third-order valence-corrected chi connectivity index (χ3v) is 4.68. The van der Waals surface area contributed by atoms with Crippen LogP contribution >= 0.6 is 23.2 Å². The van der Waals surface area contributed by atoms with Gasteiger partial charge < -0.3 is 15.4 Å². The highest BCUT2D eigenvalue weighted by Crippen LogP contribution is 2.25. The van der Waals surface area contributed by atoms with Crippen LogP contribution in [0.15, 0.2) is 42.5 Å². The van der Waals surface area contributed by atoms with Crippen molar-refractivity contribution in [2.45, 2.75) is 19.9 Å². The summed E-state index contributed by atoms with van der Waals surface area (Å²) in [6, 6.07) is 12.3. The normalized spacial score (nSPS) is 10.7. The molecule has 8 heteroatoms. The largest absolute Gasteiger partial charge is 0.497 e. The maximum atomic E-state index is 12.4. The summed E-state index contributed by atoms with van der Waals surface area (Å²) in [5.74, 6) is 0.373. The number of methoxy groups -OCH3 is 1. The highest BCUT2D eigenvalue weighted by molar-refractivity contribution is 6.36. The Hall–Kier alpha value is -2.28. The lowest BCUT2D eigenvalue weighted by atomic mass is 10.2. The predicted molar refractivity (Wildman–Crippen MR) is 117 cm³/mol. The molecule has 0 aromatic heterocycles. The number of benzene rings is 2. The molecular weight excluding hydrogens is 413 g/mol. The second-order valence-electron chi connectivity index (χ2n) is 6.51. The lowest BCUT2D eigenvalue weighted by Crippen LogP contribution is -2.41. The van der Waals surface area contributed by atoms with Crippen LogP contribution in [0.4, 0.5) is 5.69 Å². The molecule has 0 fully saturated rings. The highest BCUT2D eigenvalue weighted by atomic mass is 35.5. The van der Waals surface area contributed by atoms with Gasteiger partial charge in [0, 0.05) is 11.6 Å². The van der Waals surface area contributed by atoms with E-state index >= 15 is 0 Å². The third kappa shape index (κ3) is 7.93. The van der Waals surface area contributed by atoms with Crippen molar-refractivity contribution in [1.82, 2.24) is 10.2 Å². The first-order valence-corrected chi connectivity index (χ1v) is 10.0. The van der Waals surface area contributed by atoms with E-state index in [1.165, 1.54) is 0 Å². The number of amides is 2. The molecule has 0 atom stereocenters. The number of hydrogen-bond donors (Lipinski definition) is 2. The average Bonchev–Trinajstić information content (AvgIpc) is 2.69. The molecule has 6 nitrogen and oxygen atoms in total. The monoisotopic (exact) mass is 437 g/mol. The van der Waals surface area contributed by atoms with Gasteiger partial charge in [-0.2, -0.15) is 0 Å². The van der Waals surface area contributed by atoms with Gasteiger partial charge in [-0.15, -0.1) is 0 Å². The van der Waals surface area contributed by atoms with Crippen molar-refractivity contribution in [3.63, 3.8) is 0 Å². The number of nitrogens with one attached hydrogen (secondary N) is 2. The summed E-state index contributed by atoms with van der Waals surface area (Å²) in [6.07, 6.45) is 0.820. The molecule has 2 N–H and O–H groups in total. The zero-order chi connectivity index (χ0) is 21.2. The summed E-state index contributed by atoms with van der Waals surface area (Å²) in [7, 11) is 1.61. The first kappa shape index (κ1) is 23.0. The molecular formula is C21H25Cl2N3O3. The van der Waals surface area contributed by atoms with Gasteiger partial charge in [-0.05, 0) is 48.9 Å². The molecule has 2 amide bonds. The zero-order valence-electron chi connectivity index (χ0n) is 16.5. The molecule has 0 saturated heterocycles. The third-order valence-electron chi connectivity index (χ3n) is 4.13. The minimum atomic E-state index is -0.245. The molecule has 29 heavy (non-hydrogen) atoms. The van der Waals surface area contributed by atoms with Crippen molar-refractivity contribution in [2.75, 3.05) is 32.1 Å². The lowest BCUT2D eigenvalue weighted by molar-refractivity contribution is -0.123. The molecule has 0 spiro atoms. The van der Waals surface area contributed by atoms with Crippen molar-refractivity contribution in [2.24, 2.45) is 0 Å². The number of hydrogen-bond acceptors (Lipinski definition) is 4. The van der Waals surface area contributed by atoms with Gasteiger partial charge in [0.05, 0.1) is 30.9 Å². The van der Waals surface area contributed by atoms with Gasteiger partial charge >= 0.3 is 0 Å². The molecule has 0 heterocycles. The molecule has 2 aromatic rings. The van der Waals surface area contributed by atoms with E-state index in [1.807, 2.05) is 31.2 Å². The van der Waals surface area contributed by atoms with E-state index in [0.29, 0.717) is 28.8 Å². The number of anilines is 1. The fourth-order valence-corrected chi connectivity index (χ4v) is 3.17. The summed E-state index contributed by atoms with van der Waals surface area (Å²) in [5, 5.41) is 6.49. The van der Waals surface area contributed by atoms with Gasteiger partial charge in [-0.1, -0.05) is 42.3 Å². The first-order chi connectivity index (χ1) is 13.9. The van der Waals surface area contributed by atoms with Crippen molar-refractivity contribution in [3.05, 3.63) is 58.1 Å². The summed E-state index contributed by atoms with van der Waals surface area (Å²) in [6.45, 7) is 3.25. The molecule has 0 unspecified atom stereocenters. The molecule has 156 valence electrons. The van der Waals surface area contributed by atoms with Crippen molar-refractivity contribution in [3.8, 4) is 5.75 Å². The maximum absolute atomic E-state index is 12.4. The predicted octanol–water partition coefficient (Wildman–Crippen LogP) is 3.97. The number of carbonyl (C=O) groups is 2. The minimum Gasteiger partial charge on any atom is -0.497 e. The van der Waals surface area contributed by atoms with Gasteiger partial charge in [-0.3, -0.25) is 14.5 Å². The van der Waals surface area contributed by atoms with Crippen LogP contribution in [0, 0.1) is 0 Å². The Morgan fingerprint density at radius 3 is 2.34 bits per heavy atom. The van der Waals surface area contributed by atoms with E-state index in [1.54, 1.807) is 30.2 Å². The summed E-state index contributed by atoms with van der Waals surface area (Å²) >= 11 is 12.0. The fourth-order valence-electron chi connectivity index (χ4n) is 2.72. The number of carbonyl (C=O) groups excluding carboxylic acids is 2. The van der Waals surface area contributed by atoms with Crippen LogP contribution in [-0.4, -0.2) is 43.5 Å². The van der Waals surface area contributed by atoms with Crippen molar-refractivity contribution < 1.29 is 14.3 Å². The van der Waals surface area contributed by atoms with E-state index < -0.39 is 0 Å². The molecule has 0 saturated carbocycles. The van der Waals surface area contributed by atoms with Gasteiger partial charge in [0.2, 0.25) is 11.8 Å². The molecule has 0 aliphatic carbocycles. The van der Waals surface area contributed by atoms with E-state index in [4.69, 9.17) is 27.9 Å². The SMILES string of the molecule is CCCN(CC(=O)NCc1ccc(OC)cc1)CC(=O)Nc1ccc(Cl)cc1Cl. The van der Waals surface area contributed by atoms with Crippen molar-refractivity contribution >= 4 is 40.7 Å². The van der Waals surface area contributed by atoms with Crippen LogP contribution in [0.3, 0.4) is 0 Å². The number of nitrogens with zero attached hydrogens (tertiary/aromatic N) is 1. The Balaban J connectivity index is 1.85. The standard InChI is InChI=1S/C21H25Cl2N3O3/c1-3-10-26(14-21(28)25-19-9-6-16(22)11-18(19)23)13-20(27)24-12-15-4-7-17(29-2)8-5-15/h4-9,11H,3,10,12-14H2,1-2H3,(H,24,27)(H,25,28). The minimum absolute atomic E-state index is 0.0861. The van der Waals surface area contributed by atoms with Crippen LogP contribution in [0.2, 0.25) is 10.0 Å². The smallest absolute Gasteiger partial charge is 0.238 e. The highest BCUT2D eigenvalue weighted by Gasteiger charge is 2.15. The van der Waals surface area contributed by atoms with Crippen molar-refractivity contribution in [1.29, 1.82) is 0 Å². The summed E-state index contributed by atoms with van der Waals surface area (Å²) in [5.41, 5.74) is 1.46. The average molecular weight is 438 g/mol. The Labute approximate surface area is 181 Å². The van der Waals surface area contributed by atoms with E-state index in [0.717, 1.165) is 17.7 Å². The van der Waals surface area contributed by atoms with Gasteiger partial charge in [0.25, 0.3) is 0 Å².